The number of esters is 1. The van der Waals surface area contributed by atoms with Crippen LogP contribution in [-0.2, 0) is 14.3 Å². The number of hydrogen-bond acceptors (Lipinski definition) is 8. The van der Waals surface area contributed by atoms with Crippen molar-refractivity contribution >= 4 is 51.3 Å². The van der Waals surface area contributed by atoms with Gasteiger partial charge in [0.1, 0.15) is 16.4 Å². The van der Waals surface area contributed by atoms with Gasteiger partial charge in [0, 0.05) is 22.0 Å². The monoisotopic (exact) mass is 472 g/mol. The van der Waals surface area contributed by atoms with Crippen molar-refractivity contribution in [2.45, 2.75) is 13.8 Å². The molecule has 32 heavy (non-hydrogen) atoms. The molecule has 0 radical (unpaired) electrons. The van der Waals surface area contributed by atoms with E-state index in [2.05, 4.69) is 15.6 Å². The molecule has 0 saturated heterocycles. The van der Waals surface area contributed by atoms with Crippen molar-refractivity contribution in [1.82, 2.24) is 9.88 Å². The average Bonchev–Trinajstić information content (AvgIpc) is 3.37. The molecule has 0 aliphatic rings. The summed E-state index contributed by atoms with van der Waals surface area (Å²) in [6.07, 6.45) is 1.62. The van der Waals surface area contributed by atoms with Crippen LogP contribution in [0.2, 0.25) is 0 Å². The van der Waals surface area contributed by atoms with Gasteiger partial charge in [0.2, 0.25) is 11.8 Å². The van der Waals surface area contributed by atoms with Gasteiger partial charge in [-0.15, -0.1) is 22.7 Å². The van der Waals surface area contributed by atoms with Gasteiger partial charge in [-0.1, -0.05) is 6.07 Å². The predicted molar refractivity (Wildman–Crippen MR) is 127 cm³/mol. The number of pyridine rings is 1. The summed E-state index contributed by atoms with van der Waals surface area (Å²) in [6, 6.07) is 7.42. The number of anilines is 2. The van der Waals surface area contributed by atoms with E-state index >= 15 is 0 Å². The lowest BCUT2D eigenvalue weighted by Gasteiger charge is -2.16. The highest BCUT2D eigenvalue weighted by Gasteiger charge is 2.23. The van der Waals surface area contributed by atoms with Crippen LogP contribution in [0.5, 0.6) is 0 Å². The van der Waals surface area contributed by atoms with Crippen LogP contribution in [-0.4, -0.2) is 54.4 Å². The van der Waals surface area contributed by atoms with Crippen LogP contribution in [0.25, 0.3) is 10.4 Å². The molecule has 8 nitrogen and oxygen atoms in total. The summed E-state index contributed by atoms with van der Waals surface area (Å²) >= 11 is 2.77. The van der Waals surface area contributed by atoms with Crippen molar-refractivity contribution in [2.75, 3.05) is 37.4 Å². The zero-order chi connectivity index (χ0) is 23.1. The molecule has 0 spiro atoms. The number of likely N-dealkylation sites (N-methyl/N-ethyl adjacent to an activating group) is 1. The first kappa shape index (κ1) is 23.6. The van der Waals surface area contributed by atoms with Crippen molar-refractivity contribution in [3.05, 3.63) is 52.3 Å². The zero-order valence-electron chi connectivity index (χ0n) is 18.0. The lowest BCUT2D eigenvalue weighted by atomic mass is 10.1. The molecule has 168 valence electrons. The second kappa shape index (κ2) is 11.0. The highest BCUT2D eigenvalue weighted by atomic mass is 32.1. The predicted octanol–water partition coefficient (Wildman–Crippen LogP) is 3.87. The number of amides is 2. The third kappa shape index (κ3) is 6.22. The lowest BCUT2D eigenvalue weighted by Crippen LogP contribution is -2.36. The fraction of sp³-hybridized carbons (Fsp3) is 0.273. The van der Waals surface area contributed by atoms with Crippen LogP contribution < -0.4 is 10.6 Å². The maximum Gasteiger partial charge on any atom is 0.341 e. The molecule has 3 aromatic rings. The van der Waals surface area contributed by atoms with Crippen molar-refractivity contribution in [1.29, 1.82) is 0 Å². The van der Waals surface area contributed by atoms with Gasteiger partial charge in [-0.2, -0.15) is 0 Å². The smallest absolute Gasteiger partial charge is 0.341 e. The van der Waals surface area contributed by atoms with Gasteiger partial charge in [0.15, 0.2) is 0 Å². The summed E-state index contributed by atoms with van der Waals surface area (Å²) in [5, 5.41) is 9.69. The second-order valence-electron chi connectivity index (χ2n) is 7.04. The fourth-order valence-corrected chi connectivity index (χ4v) is 4.76. The van der Waals surface area contributed by atoms with Crippen molar-refractivity contribution < 1.29 is 19.1 Å². The number of nitrogens with zero attached hydrogens (tertiary/aromatic N) is 2. The molecule has 2 amide bonds. The average molecular weight is 473 g/mol. The maximum atomic E-state index is 12.6. The number of thiophene rings is 2. The zero-order valence-corrected chi connectivity index (χ0v) is 19.6. The molecule has 0 aliphatic heterocycles. The third-order valence-corrected chi connectivity index (χ3v) is 6.12. The molecule has 0 fully saturated rings. The van der Waals surface area contributed by atoms with Crippen LogP contribution in [0, 0.1) is 6.92 Å². The second-order valence-corrected chi connectivity index (χ2v) is 8.87. The number of aromatic nitrogens is 1. The van der Waals surface area contributed by atoms with E-state index < -0.39 is 5.97 Å². The minimum absolute atomic E-state index is 0.0126. The molecule has 3 heterocycles. The molecular weight excluding hydrogens is 448 g/mol. The number of aryl methyl sites for hydroxylation is 1. The van der Waals surface area contributed by atoms with E-state index in [1.54, 1.807) is 31.1 Å². The van der Waals surface area contributed by atoms with Crippen LogP contribution in [0.15, 0.2) is 41.2 Å². The first-order chi connectivity index (χ1) is 15.4. The van der Waals surface area contributed by atoms with Gasteiger partial charge >= 0.3 is 5.97 Å². The molecule has 0 aliphatic carbocycles. The number of nitrogens with one attached hydrogen (secondary N) is 2. The van der Waals surface area contributed by atoms with E-state index in [4.69, 9.17) is 4.74 Å². The van der Waals surface area contributed by atoms with Gasteiger partial charge in [0.25, 0.3) is 0 Å². The van der Waals surface area contributed by atoms with Gasteiger partial charge in [-0.3, -0.25) is 14.5 Å². The molecule has 0 unspecified atom stereocenters. The molecule has 3 rings (SSSR count). The first-order valence-electron chi connectivity index (χ1n) is 9.90. The summed E-state index contributed by atoms with van der Waals surface area (Å²) in [6.45, 7) is 3.87. The Kier molecular flexibility index (Phi) is 8.09. The van der Waals surface area contributed by atoms with Crippen molar-refractivity contribution in [3.63, 3.8) is 0 Å². The Labute approximate surface area is 194 Å². The molecular formula is C22H24N4O4S2. The number of rotatable bonds is 9. The number of carbonyl (C=O) groups excluding carboxylic acids is 3. The van der Waals surface area contributed by atoms with Crippen LogP contribution in [0.3, 0.4) is 0 Å². The number of ether oxygens (including phenoxy) is 1. The van der Waals surface area contributed by atoms with Crippen LogP contribution >= 0.6 is 22.7 Å². The maximum absolute atomic E-state index is 12.6. The minimum Gasteiger partial charge on any atom is -0.462 e. The third-order valence-electron chi connectivity index (χ3n) is 4.32. The summed E-state index contributed by atoms with van der Waals surface area (Å²) in [5.41, 5.74) is 2.06. The Balaban J connectivity index is 1.62. The van der Waals surface area contributed by atoms with Gasteiger partial charge in [-0.25, -0.2) is 9.78 Å². The lowest BCUT2D eigenvalue weighted by molar-refractivity contribution is -0.119. The topological polar surface area (TPSA) is 101 Å². The van der Waals surface area contributed by atoms with Crippen LogP contribution in [0.4, 0.5) is 10.8 Å². The van der Waals surface area contributed by atoms with E-state index in [-0.39, 0.29) is 31.5 Å². The van der Waals surface area contributed by atoms with Crippen molar-refractivity contribution in [2.24, 2.45) is 0 Å². The van der Waals surface area contributed by atoms with E-state index in [1.807, 2.05) is 35.9 Å². The highest BCUT2D eigenvalue weighted by Crippen LogP contribution is 2.38. The SMILES string of the molecule is CCOC(=O)c1c(-c2cccs2)csc1NC(=O)CN(C)CC(=O)Nc1cc(C)ccn1. The standard InChI is InChI=1S/C22H24N4O4S2/c1-4-30-22(29)20-15(16-6-5-9-31-16)13-32-21(20)25-19(28)12-26(3)11-18(27)24-17-10-14(2)7-8-23-17/h5-10,13H,4,11-12H2,1-3H3,(H,25,28)(H,23,24,27). The molecule has 0 saturated carbocycles. The quantitative estimate of drug-likeness (QED) is 0.459. The van der Waals surface area contributed by atoms with E-state index in [0.29, 0.717) is 16.4 Å². The Morgan fingerprint density at radius 2 is 1.88 bits per heavy atom. The first-order valence-corrected chi connectivity index (χ1v) is 11.7. The molecule has 3 aromatic heterocycles. The molecule has 10 heteroatoms. The van der Waals surface area contributed by atoms with E-state index in [0.717, 1.165) is 16.0 Å². The van der Waals surface area contributed by atoms with Gasteiger partial charge < -0.3 is 15.4 Å². The van der Waals surface area contributed by atoms with E-state index in [9.17, 15) is 14.4 Å². The Morgan fingerprint density at radius 1 is 1.12 bits per heavy atom. The molecule has 0 atom stereocenters. The summed E-state index contributed by atoms with van der Waals surface area (Å²) in [7, 11) is 1.67. The number of carbonyl (C=O) groups is 3. The summed E-state index contributed by atoms with van der Waals surface area (Å²) in [4.78, 5) is 44.0. The normalized spacial score (nSPS) is 10.8. The largest absolute Gasteiger partial charge is 0.462 e. The summed E-state index contributed by atoms with van der Waals surface area (Å²) < 4.78 is 5.20. The van der Waals surface area contributed by atoms with Gasteiger partial charge in [0.05, 0.1) is 19.7 Å². The highest BCUT2D eigenvalue weighted by molar-refractivity contribution is 7.17. The fourth-order valence-electron chi connectivity index (χ4n) is 2.97. The molecule has 0 aromatic carbocycles. The molecule has 0 bridgehead atoms. The summed E-state index contributed by atoms with van der Waals surface area (Å²) in [5.74, 6) is -0.627. The van der Waals surface area contributed by atoms with Crippen LogP contribution in [0.1, 0.15) is 22.8 Å². The van der Waals surface area contributed by atoms with Crippen molar-refractivity contribution in [3.8, 4) is 10.4 Å². The molecule has 2 N–H and O–H groups in total. The minimum atomic E-state index is -0.481. The Bertz CT molecular complexity index is 1100. The van der Waals surface area contributed by atoms with E-state index in [1.165, 1.54) is 22.7 Å². The Morgan fingerprint density at radius 3 is 2.53 bits per heavy atom. The van der Waals surface area contributed by atoms with Gasteiger partial charge in [-0.05, 0) is 50.0 Å². The Hall–Kier alpha value is -3.08. The number of hydrogen-bond donors (Lipinski definition) is 2.